The van der Waals surface area contributed by atoms with E-state index in [1.807, 2.05) is 4.90 Å². The van der Waals surface area contributed by atoms with Crippen LogP contribution in [0.2, 0.25) is 0 Å². The summed E-state index contributed by atoms with van der Waals surface area (Å²) in [6.07, 6.45) is 0.816. The average Bonchev–Trinajstić information content (AvgIpc) is 2.91. The maximum atomic E-state index is 13.3. The maximum absolute atomic E-state index is 13.3. The number of carboxylic acids is 1. The zero-order chi connectivity index (χ0) is 13.6. The second-order valence-corrected chi connectivity index (χ2v) is 5.37. The van der Waals surface area contributed by atoms with E-state index in [2.05, 4.69) is 4.98 Å². The van der Waals surface area contributed by atoms with Crippen LogP contribution in [0.5, 0.6) is 0 Å². The van der Waals surface area contributed by atoms with E-state index in [4.69, 9.17) is 5.11 Å². The number of anilines is 2. The van der Waals surface area contributed by atoms with E-state index >= 15 is 0 Å². The predicted octanol–water partition coefficient (Wildman–Crippen LogP) is 2.98. The summed E-state index contributed by atoms with van der Waals surface area (Å²) >= 11 is 1.13. The Balaban J connectivity index is 2.04. The minimum atomic E-state index is -0.972. The first kappa shape index (κ1) is 12.1. The van der Waals surface area contributed by atoms with Gasteiger partial charge in [0.25, 0.3) is 0 Å². The van der Waals surface area contributed by atoms with Crippen LogP contribution in [0.4, 0.5) is 15.2 Å². The molecule has 0 unspecified atom stereocenters. The monoisotopic (exact) mass is 278 g/mol. The third-order valence-corrected chi connectivity index (χ3v) is 4.32. The first-order valence-electron chi connectivity index (χ1n) is 5.83. The van der Waals surface area contributed by atoms with Crippen molar-refractivity contribution < 1.29 is 14.3 Å². The fourth-order valence-corrected chi connectivity index (χ4v) is 3.19. The molecule has 0 spiro atoms. The molecule has 0 bridgehead atoms. The van der Waals surface area contributed by atoms with Gasteiger partial charge in [0.15, 0.2) is 5.13 Å². The van der Waals surface area contributed by atoms with E-state index in [0.717, 1.165) is 29.0 Å². The van der Waals surface area contributed by atoms with E-state index in [-0.39, 0.29) is 10.7 Å². The first-order valence-corrected chi connectivity index (χ1v) is 6.64. The van der Waals surface area contributed by atoms with Crippen LogP contribution in [0.1, 0.15) is 20.9 Å². The lowest BCUT2D eigenvalue weighted by atomic mass is 10.2. The van der Waals surface area contributed by atoms with Crippen LogP contribution in [-0.2, 0) is 6.42 Å². The van der Waals surface area contributed by atoms with E-state index in [0.29, 0.717) is 17.4 Å². The van der Waals surface area contributed by atoms with Crippen molar-refractivity contribution in [1.82, 2.24) is 4.98 Å². The molecule has 1 aromatic heterocycles. The number of benzene rings is 1. The summed E-state index contributed by atoms with van der Waals surface area (Å²) < 4.78 is 13.3. The molecule has 0 atom stereocenters. The Bertz CT molecular complexity index is 669. The van der Waals surface area contributed by atoms with Crippen LogP contribution in [0, 0.1) is 12.7 Å². The smallest absolute Gasteiger partial charge is 0.347 e. The van der Waals surface area contributed by atoms with Crippen LogP contribution in [0.3, 0.4) is 0 Å². The average molecular weight is 278 g/mol. The fourth-order valence-electron chi connectivity index (χ4n) is 2.25. The van der Waals surface area contributed by atoms with E-state index < -0.39 is 5.97 Å². The molecule has 0 amide bonds. The molecule has 0 saturated heterocycles. The van der Waals surface area contributed by atoms with Crippen LogP contribution in [-0.4, -0.2) is 22.6 Å². The summed E-state index contributed by atoms with van der Waals surface area (Å²) in [7, 11) is 0. The number of hydrogen-bond acceptors (Lipinski definition) is 4. The molecule has 1 N–H and O–H groups in total. The minimum Gasteiger partial charge on any atom is -0.477 e. The number of carbonyl (C=O) groups is 1. The van der Waals surface area contributed by atoms with Crippen LogP contribution in [0.15, 0.2) is 18.2 Å². The number of aromatic carboxylic acids is 1. The Morgan fingerprint density at radius 2 is 2.32 bits per heavy atom. The van der Waals surface area contributed by atoms with Gasteiger partial charge in [-0.1, -0.05) is 17.4 Å². The first-order chi connectivity index (χ1) is 9.06. The molecule has 0 fully saturated rings. The second-order valence-electron chi connectivity index (χ2n) is 4.39. The Morgan fingerprint density at radius 3 is 3.00 bits per heavy atom. The molecular weight excluding hydrogens is 267 g/mol. The number of aromatic nitrogens is 1. The zero-order valence-corrected chi connectivity index (χ0v) is 11.0. The summed E-state index contributed by atoms with van der Waals surface area (Å²) in [5.74, 6) is -1.27. The van der Waals surface area contributed by atoms with Gasteiger partial charge >= 0.3 is 5.97 Å². The lowest BCUT2D eigenvalue weighted by Gasteiger charge is -2.15. The van der Waals surface area contributed by atoms with Crippen LogP contribution < -0.4 is 4.90 Å². The highest BCUT2D eigenvalue weighted by atomic mass is 32.1. The summed E-state index contributed by atoms with van der Waals surface area (Å²) in [5.41, 5.74) is 2.34. The van der Waals surface area contributed by atoms with Gasteiger partial charge in [-0.2, -0.15) is 0 Å². The molecule has 0 aliphatic carbocycles. The number of aryl methyl sites for hydroxylation is 1. The topological polar surface area (TPSA) is 53.4 Å². The Labute approximate surface area is 113 Å². The molecule has 1 aliphatic heterocycles. The highest BCUT2D eigenvalue weighted by Gasteiger charge is 2.25. The third kappa shape index (κ3) is 1.98. The number of thiazole rings is 1. The van der Waals surface area contributed by atoms with Gasteiger partial charge in [0.2, 0.25) is 0 Å². The van der Waals surface area contributed by atoms with Crippen molar-refractivity contribution in [2.75, 3.05) is 11.4 Å². The van der Waals surface area contributed by atoms with Crippen molar-refractivity contribution in [3.63, 3.8) is 0 Å². The van der Waals surface area contributed by atoms with Crippen molar-refractivity contribution in [3.8, 4) is 0 Å². The molecule has 1 aliphatic rings. The van der Waals surface area contributed by atoms with Crippen molar-refractivity contribution >= 4 is 28.1 Å². The van der Waals surface area contributed by atoms with Crippen molar-refractivity contribution in [1.29, 1.82) is 0 Å². The van der Waals surface area contributed by atoms with E-state index in [1.54, 1.807) is 13.0 Å². The number of fused-ring (bicyclic) bond motifs is 1. The lowest BCUT2D eigenvalue weighted by molar-refractivity contribution is 0.0701. The Morgan fingerprint density at radius 1 is 1.53 bits per heavy atom. The molecule has 6 heteroatoms. The van der Waals surface area contributed by atoms with E-state index in [1.165, 1.54) is 12.1 Å². The molecule has 1 aromatic carbocycles. The molecule has 3 rings (SSSR count). The largest absolute Gasteiger partial charge is 0.477 e. The Hall–Kier alpha value is -1.95. The molecular formula is C13H11FN2O2S. The van der Waals surface area contributed by atoms with E-state index in [9.17, 15) is 9.18 Å². The predicted molar refractivity (Wildman–Crippen MR) is 70.9 cm³/mol. The van der Waals surface area contributed by atoms with Gasteiger partial charge in [-0.15, -0.1) is 0 Å². The van der Waals surface area contributed by atoms with Crippen molar-refractivity contribution in [2.24, 2.45) is 0 Å². The van der Waals surface area contributed by atoms with Crippen LogP contribution >= 0.6 is 11.3 Å². The quantitative estimate of drug-likeness (QED) is 0.917. The maximum Gasteiger partial charge on any atom is 0.347 e. The molecule has 19 heavy (non-hydrogen) atoms. The highest BCUT2D eigenvalue weighted by molar-refractivity contribution is 7.17. The number of hydrogen-bond donors (Lipinski definition) is 1. The normalized spacial score (nSPS) is 13.7. The fraction of sp³-hybridized carbons (Fsp3) is 0.231. The van der Waals surface area contributed by atoms with Crippen molar-refractivity contribution in [3.05, 3.63) is 40.2 Å². The minimum absolute atomic E-state index is 0.236. The highest BCUT2D eigenvalue weighted by Crippen LogP contribution is 2.37. The van der Waals surface area contributed by atoms with Crippen molar-refractivity contribution in [2.45, 2.75) is 13.3 Å². The number of rotatable bonds is 2. The summed E-state index contributed by atoms with van der Waals surface area (Å²) in [5, 5.41) is 9.66. The molecule has 0 radical (unpaired) electrons. The van der Waals surface area contributed by atoms with Gasteiger partial charge < -0.3 is 10.0 Å². The van der Waals surface area contributed by atoms with Gasteiger partial charge in [-0.3, -0.25) is 0 Å². The molecule has 98 valence electrons. The molecule has 2 aromatic rings. The number of halogens is 1. The summed E-state index contributed by atoms with van der Waals surface area (Å²) in [4.78, 5) is 17.4. The summed E-state index contributed by atoms with van der Waals surface area (Å²) in [6.45, 7) is 2.37. The third-order valence-electron chi connectivity index (χ3n) is 3.15. The summed E-state index contributed by atoms with van der Waals surface area (Å²) in [6, 6.07) is 4.68. The van der Waals surface area contributed by atoms with Gasteiger partial charge in [0.1, 0.15) is 10.7 Å². The standard InChI is InChI=1S/C13H11FN2O2S/c1-7-11(12(17)18)19-13(15-7)16-5-4-8-2-3-9(14)6-10(8)16/h2-3,6H,4-5H2,1H3,(H,17,18). The van der Waals surface area contributed by atoms with Gasteiger partial charge in [0, 0.05) is 12.2 Å². The van der Waals surface area contributed by atoms with Crippen LogP contribution in [0.25, 0.3) is 0 Å². The lowest BCUT2D eigenvalue weighted by Crippen LogP contribution is -2.12. The number of carboxylic acid groups (broad SMARTS) is 1. The number of nitrogens with zero attached hydrogens (tertiary/aromatic N) is 2. The molecule has 2 heterocycles. The van der Waals surface area contributed by atoms with Gasteiger partial charge in [0.05, 0.1) is 5.69 Å². The zero-order valence-electron chi connectivity index (χ0n) is 10.2. The molecule has 0 saturated carbocycles. The Kier molecular flexibility index (Phi) is 2.74. The SMILES string of the molecule is Cc1nc(N2CCc3ccc(F)cc32)sc1C(=O)O. The second kappa shape index (κ2) is 4.31. The van der Waals surface area contributed by atoms with Gasteiger partial charge in [-0.25, -0.2) is 14.2 Å². The van der Waals surface area contributed by atoms with Gasteiger partial charge in [-0.05, 0) is 31.0 Å². The molecule has 4 nitrogen and oxygen atoms in total.